The van der Waals surface area contributed by atoms with Crippen LogP contribution >= 0.6 is 23.2 Å². The summed E-state index contributed by atoms with van der Waals surface area (Å²) in [5.41, 5.74) is 0.546. The van der Waals surface area contributed by atoms with E-state index in [2.05, 4.69) is 24.8 Å². The normalized spacial score (nSPS) is 9.61. The van der Waals surface area contributed by atoms with Gasteiger partial charge in [-0.1, -0.05) is 0 Å². The molecule has 0 unspecified atom stereocenters. The van der Waals surface area contributed by atoms with Crippen LogP contribution in [-0.4, -0.2) is 50.8 Å². The molecule has 0 aliphatic heterocycles. The van der Waals surface area contributed by atoms with Crippen molar-refractivity contribution in [3.63, 3.8) is 0 Å². The lowest BCUT2D eigenvalue weighted by Gasteiger charge is -2.12. The van der Waals surface area contributed by atoms with E-state index in [9.17, 15) is 9.59 Å². The number of carbonyl (C=O) groups is 2. The van der Waals surface area contributed by atoms with E-state index in [1.54, 1.807) is 0 Å². The van der Waals surface area contributed by atoms with Crippen LogP contribution in [0.3, 0.4) is 0 Å². The van der Waals surface area contributed by atoms with Gasteiger partial charge in [0, 0.05) is 26.4 Å². The lowest BCUT2D eigenvalue weighted by molar-refractivity contribution is -0.0760. The van der Waals surface area contributed by atoms with Crippen LogP contribution in [0.4, 0.5) is 0 Å². The van der Waals surface area contributed by atoms with E-state index in [-0.39, 0.29) is 28.0 Å². The zero-order valence-corrected chi connectivity index (χ0v) is 14.0. The highest BCUT2D eigenvalue weighted by Crippen LogP contribution is 2.03. The van der Waals surface area contributed by atoms with Crippen molar-refractivity contribution in [3.05, 3.63) is 46.5 Å². The Balaban J connectivity index is 0.000000238. The molecule has 0 radical (unpaired) electrons. The molecule has 10 heteroatoms. The number of ketones is 1. The summed E-state index contributed by atoms with van der Waals surface area (Å²) in [6.45, 7) is 1.43. The quantitative estimate of drug-likeness (QED) is 0.471. The Labute approximate surface area is 142 Å². The third-order valence-electron chi connectivity index (χ3n) is 2.39. The highest BCUT2D eigenvalue weighted by molar-refractivity contribution is 6.28. The maximum Gasteiger partial charge on any atom is 0.295 e. The fourth-order valence-electron chi connectivity index (χ4n) is 1.23. The minimum absolute atomic E-state index is 0.0374. The molecule has 23 heavy (non-hydrogen) atoms. The largest absolute Gasteiger partial charge is 0.295 e. The molecule has 8 nitrogen and oxygen atoms in total. The minimum Gasteiger partial charge on any atom is -0.293 e. The molecule has 0 saturated carbocycles. The van der Waals surface area contributed by atoms with Crippen molar-refractivity contribution in [3.8, 4) is 0 Å². The molecule has 0 bridgehead atoms. The second-order valence-corrected chi connectivity index (χ2v) is 4.64. The van der Waals surface area contributed by atoms with Crippen LogP contribution in [0.1, 0.15) is 27.9 Å². The van der Waals surface area contributed by atoms with Gasteiger partial charge in [-0.15, -0.1) is 0 Å². The smallest absolute Gasteiger partial charge is 0.293 e. The van der Waals surface area contributed by atoms with Crippen molar-refractivity contribution < 1.29 is 14.4 Å². The van der Waals surface area contributed by atoms with Crippen molar-refractivity contribution in [2.75, 3.05) is 14.2 Å². The Hall–Kier alpha value is -2.16. The molecule has 0 N–H and O–H groups in total. The SMILES string of the molecule is CC(=O)c1ccnc(Cl)n1.CON(C)C(=O)c1ccnc(Cl)n1. The molecular formula is C13H13Cl2N5O3. The molecule has 2 heterocycles. The molecule has 0 fully saturated rings. The molecule has 1 amide bonds. The molecule has 0 aliphatic rings. The van der Waals surface area contributed by atoms with Gasteiger partial charge in [0.2, 0.25) is 10.6 Å². The van der Waals surface area contributed by atoms with Crippen LogP contribution < -0.4 is 0 Å². The molecule has 0 aliphatic carbocycles. The first kappa shape index (κ1) is 18.9. The van der Waals surface area contributed by atoms with E-state index < -0.39 is 0 Å². The number of Topliss-reactive ketones (excluding diaryl/α,β-unsaturated/α-hetero) is 1. The van der Waals surface area contributed by atoms with Crippen LogP contribution in [0.15, 0.2) is 24.5 Å². The zero-order valence-electron chi connectivity index (χ0n) is 12.5. The highest BCUT2D eigenvalue weighted by atomic mass is 35.5. The molecule has 122 valence electrons. The molecule has 2 rings (SSSR count). The van der Waals surface area contributed by atoms with Crippen molar-refractivity contribution >= 4 is 34.9 Å². The number of hydrogen-bond acceptors (Lipinski definition) is 7. The van der Waals surface area contributed by atoms with E-state index in [1.165, 1.54) is 45.6 Å². The molecule has 0 atom stereocenters. The zero-order chi connectivity index (χ0) is 17.4. The highest BCUT2D eigenvalue weighted by Gasteiger charge is 2.12. The van der Waals surface area contributed by atoms with Gasteiger partial charge >= 0.3 is 0 Å². The van der Waals surface area contributed by atoms with Crippen LogP contribution in [0, 0.1) is 0 Å². The van der Waals surface area contributed by atoms with Gasteiger partial charge in [-0.3, -0.25) is 14.4 Å². The van der Waals surface area contributed by atoms with Crippen molar-refractivity contribution in [2.45, 2.75) is 6.92 Å². The Morgan fingerprint density at radius 3 is 1.91 bits per heavy atom. The first-order valence-corrected chi connectivity index (χ1v) is 6.91. The van der Waals surface area contributed by atoms with Crippen LogP contribution in [0.25, 0.3) is 0 Å². The first-order chi connectivity index (χ1) is 10.8. The third kappa shape index (κ3) is 6.23. The average Bonchev–Trinajstić information content (AvgIpc) is 2.54. The Morgan fingerprint density at radius 1 is 1.04 bits per heavy atom. The van der Waals surface area contributed by atoms with E-state index in [0.717, 1.165) is 5.06 Å². The molecule has 0 aromatic carbocycles. The van der Waals surface area contributed by atoms with Crippen molar-refractivity contribution in [1.29, 1.82) is 0 Å². The first-order valence-electron chi connectivity index (χ1n) is 6.15. The van der Waals surface area contributed by atoms with Gasteiger partial charge in [-0.25, -0.2) is 25.0 Å². The number of hydroxylamine groups is 2. The van der Waals surface area contributed by atoms with E-state index >= 15 is 0 Å². The monoisotopic (exact) mass is 357 g/mol. The average molecular weight is 358 g/mol. The van der Waals surface area contributed by atoms with Crippen LogP contribution in [0.2, 0.25) is 10.6 Å². The minimum atomic E-state index is -0.369. The van der Waals surface area contributed by atoms with Crippen LogP contribution in [-0.2, 0) is 4.84 Å². The van der Waals surface area contributed by atoms with Gasteiger partial charge < -0.3 is 0 Å². The van der Waals surface area contributed by atoms with E-state index in [4.69, 9.17) is 23.2 Å². The van der Waals surface area contributed by atoms with Gasteiger partial charge in [0.05, 0.1) is 7.11 Å². The van der Waals surface area contributed by atoms with Gasteiger partial charge in [0.15, 0.2) is 5.78 Å². The topological polar surface area (TPSA) is 98.2 Å². The summed E-state index contributed by atoms with van der Waals surface area (Å²) >= 11 is 10.9. The summed E-state index contributed by atoms with van der Waals surface area (Å²) in [4.78, 5) is 41.4. The van der Waals surface area contributed by atoms with Crippen molar-refractivity contribution in [1.82, 2.24) is 25.0 Å². The summed E-state index contributed by atoms with van der Waals surface area (Å²) < 4.78 is 0. The molecular weight excluding hydrogens is 345 g/mol. The predicted molar refractivity (Wildman–Crippen MR) is 83.2 cm³/mol. The number of nitrogens with zero attached hydrogens (tertiary/aromatic N) is 5. The van der Waals surface area contributed by atoms with Gasteiger partial charge in [-0.2, -0.15) is 0 Å². The number of aromatic nitrogens is 4. The lowest BCUT2D eigenvalue weighted by Crippen LogP contribution is -2.26. The van der Waals surface area contributed by atoms with Gasteiger partial charge in [0.25, 0.3) is 5.91 Å². The molecule has 0 spiro atoms. The summed E-state index contributed by atoms with van der Waals surface area (Å²) in [6.07, 6.45) is 2.86. The Bertz CT molecular complexity index is 699. The number of halogens is 2. The summed E-state index contributed by atoms with van der Waals surface area (Å²) in [7, 11) is 2.87. The number of rotatable bonds is 3. The maximum atomic E-state index is 11.4. The van der Waals surface area contributed by atoms with Crippen molar-refractivity contribution in [2.24, 2.45) is 0 Å². The molecule has 2 aromatic rings. The summed E-state index contributed by atoms with van der Waals surface area (Å²) in [6, 6.07) is 2.98. The van der Waals surface area contributed by atoms with E-state index in [1.807, 2.05) is 0 Å². The second-order valence-electron chi connectivity index (χ2n) is 3.96. The number of amides is 1. The summed E-state index contributed by atoms with van der Waals surface area (Å²) in [5, 5.41) is 1.20. The Morgan fingerprint density at radius 2 is 1.52 bits per heavy atom. The van der Waals surface area contributed by atoms with Gasteiger partial charge in [-0.05, 0) is 35.3 Å². The Kier molecular flexibility index (Phi) is 7.46. The van der Waals surface area contributed by atoms with Gasteiger partial charge in [0.1, 0.15) is 11.4 Å². The predicted octanol–water partition coefficient (Wildman–Crippen LogP) is 2.10. The molecule has 0 saturated heterocycles. The third-order valence-corrected chi connectivity index (χ3v) is 2.76. The fourth-order valence-corrected chi connectivity index (χ4v) is 1.52. The standard InChI is InChI=1S/C7H8ClN3O2.C6H5ClN2O/c1-11(13-2)6(12)5-3-4-9-7(8)10-5;1-4(10)5-2-3-8-6(7)9-5/h3-4H,1-2H3;2-3H,1H3. The fraction of sp³-hybridized carbons (Fsp3) is 0.231. The summed E-state index contributed by atoms with van der Waals surface area (Å²) in [5.74, 6) is -0.476. The maximum absolute atomic E-state index is 11.4. The second kappa shape index (κ2) is 9.09. The lowest BCUT2D eigenvalue weighted by atomic mass is 10.3. The molecule has 2 aromatic heterocycles. The van der Waals surface area contributed by atoms with E-state index in [0.29, 0.717) is 5.69 Å². The number of carbonyl (C=O) groups excluding carboxylic acids is 2. The van der Waals surface area contributed by atoms with Crippen LogP contribution in [0.5, 0.6) is 0 Å². The number of hydrogen-bond donors (Lipinski definition) is 0.